The minimum atomic E-state index is -0.404. The molecule has 1 aliphatic rings. The lowest BCUT2D eigenvalue weighted by molar-refractivity contribution is 0.102. The summed E-state index contributed by atoms with van der Waals surface area (Å²) in [6, 6.07) is 11.4. The van der Waals surface area contributed by atoms with Crippen molar-refractivity contribution >= 4 is 32.7 Å². The molecule has 0 spiro atoms. The van der Waals surface area contributed by atoms with Crippen molar-refractivity contribution in [3.63, 3.8) is 0 Å². The van der Waals surface area contributed by atoms with E-state index in [0.29, 0.717) is 11.1 Å². The second kappa shape index (κ2) is 4.71. The summed E-state index contributed by atoms with van der Waals surface area (Å²) in [6.07, 6.45) is 0. The first-order valence-corrected chi connectivity index (χ1v) is 8.18. The molecular formula is C19H15BrO3. The Morgan fingerprint density at radius 2 is 1.91 bits per heavy atom. The Bertz CT molecular complexity index is 966. The minimum Gasteiger partial charge on any atom is -0.497 e. The molecule has 4 heteroatoms. The molecule has 2 aromatic carbocycles. The van der Waals surface area contributed by atoms with Crippen molar-refractivity contribution in [1.29, 1.82) is 0 Å². The molecule has 0 unspecified atom stereocenters. The van der Waals surface area contributed by atoms with Gasteiger partial charge in [-0.3, -0.25) is 4.79 Å². The lowest BCUT2D eigenvalue weighted by Gasteiger charge is -2.30. The van der Waals surface area contributed by atoms with Gasteiger partial charge in [-0.1, -0.05) is 15.9 Å². The second-order valence-corrected chi connectivity index (χ2v) is 7.23. The number of hydrogen-bond acceptors (Lipinski definition) is 3. The van der Waals surface area contributed by atoms with Gasteiger partial charge < -0.3 is 9.15 Å². The van der Waals surface area contributed by atoms with Crippen molar-refractivity contribution in [3.05, 3.63) is 63.3 Å². The number of fused-ring (bicyclic) bond motifs is 4. The van der Waals surface area contributed by atoms with Crippen molar-refractivity contribution in [2.75, 3.05) is 7.11 Å². The van der Waals surface area contributed by atoms with Crippen LogP contribution in [-0.2, 0) is 5.41 Å². The molecule has 0 fully saturated rings. The summed E-state index contributed by atoms with van der Waals surface area (Å²) < 4.78 is 12.4. The summed E-state index contributed by atoms with van der Waals surface area (Å²) in [4.78, 5) is 13.0. The molecule has 0 saturated carbocycles. The third-order valence-corrected chi connectivity index (χ3v) is 5.08. The third kappa shape index (κ3) is 1.91. The van der Waals surface area contributed by atoms with Crippen molar-refractivity contribution in [2.24, 2.45) is 0 Å². The maximum atomic E-state index is 13.0. The van der Waals surface area contributed by atoms with E-state index < -0.39 is 5.41 Å². The molecule has 3 nitrogen and oxygen atoms in total. The summed E-state index contributed by atoms with van der Waals surface area (Å²) in [5.74, 6) is 1.47. The van der Waals surface area contributed by atoms with Crippen molar-refractivity contribution in [3.8, 4) is 5.75 Å². The van der Waals surface area contributed by atoms with Gasteiger partial charge in [0.2, 0.25) is 0 Å². The van der Waals surface area contributed by atoms with Gasteiger partial charge in [-0.25, -0.2) is 0 Å². The first-order chi connectivity index (χ1) is 10.9. The summed E-state index contributed by atoms with van der Waals surface area (Å²) in [5.41, 5.74) is 2.65. The molecule has 3 aromatic rings. The highest BCUT2D eigenvalue weighted by Crippen LogP contribution is 2.46. The molecule has 0 aliphatic heterocycles. The molecule has 1 aromatic heterocycles. The van der Waals surface area contributed by atoms with Crippen LogP contribution in [0.4, 0.5) is 0 Å². The number of benzene rings is 2. The van der Waals surface area contributed by atoms with E-state index in [1.807, 2.05) is 36.4 Å². The summed E-state index contributed by atoms with van der Waals surface area (Å²) in [6.45, 7) is 4.15. The molecule has 0 bridgehead atoms. The average molecular weight is 371 g/mol. The Labute approximate surface area is 142 Å². The first kappa shape index (κ1) is 14.5. The lowest BCUT2D eigenvalue weighted by Crippen LogP contribution is -2.29. The van der Waals surface area contributed by atoms with E-state index >= 15 is 0 Å². The van der Waals surface area contributed by atoms with Gasteiger partial charge in [0.05, 0.1) is 12.7 Å². The largest absolute Gasteiger partial charge is 0.497 e. The number of furan rings is 1. The predicted molar refractivity (Wildman–Crippen MR) is 92.5 cm³/mol. The van der Waals surface area contributed by atoms with Gasteiger partial charge in [0.1, 0.15) is 17.1 Å². The van der Waals surface area contributed by atoms with Gasteiger partial charge >= 0.3 is 0 Å². The highest BCUT2D eigenvalue weighted by atomic mass is 79.9. The molecule has 0 amide bonds. The molecular weight excluding hydrogens is 356 g/mol. The van der Waals surface area contributed by atoms with Crippen LogP contribution in [0.15, 0.2) is 45.3 Å². The summed E-state index contributed by atoms with van der Waals surface area (Å²) in [7, 11) is 1.63. The zero-order chi connectivity index (χ0) is 16.4. The monoisotopic (exact) mass is 370 g/mol. The Kier molecular flexibility index (Phi) is 2.97. The molecule has 0 N–H and O–H groups in total. The quantitative estimate of drug-likeness (QED) is 0.599. The Morgan fingerprint density at radius 1 is 1.13 bits per heavy atom. The van der Waals surface area contributed by atoms with E-state index in [1.165, 1.54) is 0 Å². The second-order valence-electron chi connectivity index (χ2n) is 6.31. The van der Waals surface area contributed by atoms with Crippen LogP contribution in [-0.4, -0.2) is 12.9 Å². The van der Waals surface area contributed by atoms with Crippen LogP contribution in [0.2, 0.25) is 0 Å². The molecule has 0 radical (unpaired) electrons. The van der Waals surface area contributed by atoms with Gasteiger partial charge in [0.25, 0.3) is 0 Å². The van der Waals surface area contributed by atoms with Gasteiger partial charge in [-0.15, -0.1) is 0 Å². The van der Waals surface area contributed by atoms with Crippen LogP contribution in [0.1, 0.15) is 41.1 Å². The summed E-state index contributed by atoms with van der Waals surface area (Å²) >= 11 is 3.46. The number of rotatable bonds is 1. The first-order valence-electron chi connectivity index (χ1n) is 7.39. The van der Waals surface area contributed by atoms with E-state index in [1.54, 1.807) is 7.11 Å². The minimum absolute atomic E-state index is 0.0121. The van der Waals surface area contributed by atoms with Crippen molar-refractivity contribution < 1.29 is 13.9 Å². The standard InChI is InChI=1S/C19H15BrO3/c1-19(2)14-9-11(22-3)5-7-12(14)17(21)16-13-6-4-10(20)8-15(13)23-18(16)19/h4-9H,1-3H3. The topological polar surface area (TPSA) is 39.4 Å². The Balaban J connectivity index is 2.07. The van der Waals surface area contributed by atoms with Crippen LogP contribution < -0.4 is 4.74 Å². The normalized spacial score (nSPS) is 15.4. The van der Waals surface area contributed by atoms with E-state index in [0.717, 1.165) is 32.5 Å². The van der Waals surface area contributed by atoms with Gasteiger partial charge in [0, 0.05) is 20.8 Å². The number of carbonyl (C=O) groups is 1. The van der Waals surface area contributed by atoms with Crippen LogP contribution >= 0.6 is 15.9 Å². The van der Waals surface area contributed by atoms with Crippen molar-refractivity contribution in [1.82, 2.24) is 0 Å². The Hall–Kier alpha value is -2.07. The maximum absolute atomic E-state index is 13.0. The Morgan fingerprint density at radius 3 is 2.65 bits per heavy atom. The maximum Gasteiger partial charge on any atom is 0.197 e. The molecule has 116 valence electrons. The van der Waals surface area contributed by atoms with Crippen LogP contribution in [0, 0.1) is 0 Å². The summed E-state index contributed by atoms with van der Waals surface area (Å²) in [5, 5.41) is 0.864. The number of ether oxygens (including phenoxy) is 1. The van der Waals surface area contributed by atoms with E-state index in [2.05, 4.69) is 29.8 Å². The lowest BCUT2D eigenvalue weighted by atomic mass is 9.72. The average Bonchev–Trinajstić information content (AvgIpc) is 2.92. The molecule has 4 rings (SSSR count). The van der Waals surface area contributed by atoms with E-state index in [4.69, 9.17) is 9.15 Å². The van der Waals surface area contributed by atoms with E-state index in [-0.39, 0.29) is 5.78 Å². The number of carbonyl (C=O) groups excluding carboxylic acids is 1. The van der Waals surface area contributed by atoms with Crippen molar-refractivity contribution in [2.45, 2.75) is 19.3 Å². The SMILES string of the molecule is COc1ccc2c(c1)C(C)(C)c1oc3cc(Br)ccc3c1C2=O. The fourth-order valence-electron chi connectivity index (χ4n) is 3.36. The van der Waals surface area contributed by atoms with Gasteiger partial charge in [-0.2, -0.15) is 0 Å². The molecule has 0 saturated heterocycles. The van der Waals surface area contributed by atoms with Crippen LogP contribution in [0.5, 0.6) is 5.75 Å². The number of halogens is 1. The smallest absolute Gasteiger partial charge is 0.197 e. The van der Waals surface area contributed by atoms with Gasteiger partial charge in [-0.05, 0) is 55.8 Å². The number of methoxy groups -OCH3 is 1. The number of ketones is 1. The zero-order valence-corrected chi connectivity index (χ0v) is 14.7. The fourth-order valence-corrected chi connectivity index (χ4v) is 3.70. The highest BCUT2D eigenvalue weighted by Gasteiger charge is 2.41. The van der Waals surface area contributed by atoms with Crippen LogP contribution in [0.3, 0.4) is 0 Å². The highest BCUT2D eigenvalue weighted by molar-refractivity contribution is 9.10. The molecule has 0 atom stereocenters. The zero-order valence-electron chi connectivity index (χ0n) is 13.1. The molecule has 1 heterocycles. The fraction of sp³-hybridized carbons (Fsp3) is 0.211. The van der Waals surface area contributed by atoms with E-state index in [9.17, 15) is 4.79 Å². The third-order valence-electron chi connectivity index (χ3n) is 4.59. The number of hydrogen-bond donors (Lipinski definition) is 0. The molecule has 23 heavy (non-hydrogen) atoms. The van der Waals surface area contributed by atoms with Crippen LogP contribution in [0.25, 0.3) is 11.0 Å². The van der Waals surface area contributed by atoms with Gasteiger partial charge in [0.15, 0.2) is 5.78 Å². The predicted octanol–water partition coefficient (Wildman–Crippen LogP) is 5.07. The molecule has 1 aliphatic carbocycles.